The van der Waals surface area contributed by atoms with Crippen molar-refractivity contribution in [2.75, 3.05) is 0 Å². The van der Waals surface area contributed by atoms with Gasteiger partial charge in [-0.25, -0.2) is 0 Å². The Morgan fingerprint density at radius 3 is 1.48 bits per heavy atom. The average Bonchev–Trinajstić information content (AvgIpc) is 3.27. The number of benzene rings is 1. The number of hydrogen-bond donors (Lipinski definition) is 0. The third-order valence-corrected chi connectivity index (χ3v) is 6.40. The highest BCUT2D eigenvalue weighted by molar-refractivity contribution is 7.59. The molecule has 0 spiro atoms. The van der Waals surface area contributed by atoms with Gasteiger partial charge in [-0.05, 0) is 67.3 Å². The normalized spacial score (nSPS) is 20.4. The van der Waals surface area contributed by atoms with E-state index in [9.17, 15) is 0 Å². The molecule has 0 N–H and O–H groups in total. The molecule has 2 saturated carbocycles. The Labute approximate surface area is 129 Å². The lowest BCUT2D eigenvalue weighted by atomic mass is 10.1. The molecule has 0 unspecified atom stereocenters. The Hall–Kier alpha value is -1.00. The van der Waals surface area contributed by atoms with Gasteiger partial charge in [0, 0.05) is 11.8 Å². The number of hydrogen-bond acceptors (Lipinski definition) is 0. The maximum Gasteiger partial charge on any atom is 0.0168 e. The summed E-state index contributed by atoms with van der Waals surface area (Å²) in [4.78, 5) is 0. The van der Waals surface area contributed by atoms with Gasteiger partial charge in [0.05, 0.1) is 0 Å². The van der Waals surface area contributed by atoms with Crippen LogP contribution in [0.4, 0.5) is 0 Å². The molecule has 2 aliphatic rings. The molecule has 2 aliphatic carbocycles. The predicted octanol–water partition coefficient (Wildman–Crippen LogP) is 5.17. The third kappa shape index (κ3) is 2.59. The summed E-state index contributed by atoms with van der Waals surface area (Å²) in [5, 5.41) is 4.33. The molecule has 0 saturated heterocycles. The molecule has 4 rings (SSSR count). The van der Waals surface area contributed by atoms with Gasteiger partial charge in [-0.1, -0.05) is 50.0 Å². The molecule has 21 heavy (non-hydrogen) atoms. The van der Waals surface area contributed by atoms with Crippen LogP contribution < -0.4 is 0 Å². The van der Waals surface area contributed by atoms with Gasteiger partial charge in [0.25, 0.3) is 0 Å². The van der Waals surface area contributed by atoms with Crippen molar-refractivity contribution in [3.63, 3.8) is 0 Å². The van der Waals surface area contributed by atoms with Crippen LogP contribution >= 0.6 is 7.53 Å². The first-order valence-electron chi connectivity index (χ1n) is 7.15. The Morgan fingerprint density at radius 1 is 0.524 bits per heavy atom. The van der Waals surface area contributed by atoms with Crippen molar-refractivity contribution in [1.29, 1.82) is 0 Å². The molecule has 1 aromatic heterocycles. The predicted molar refractivity (Wildman–Crippen MR) is 89.6 cm³/mol. The van der Waals surface area contributed by atoms with Gasteiger partial charge in [0.2, 0.25) is 0 Å². The fourth-order valence-electron chi connectivity index (χ4n) is 2.83. The van der Waals surface area contributed by atoms with Crippen molar-refractivity contribution in [1.82, 2.24) is 0 Å². The van der Waals surface area contributed by atoms with Gasteiger partial charge in [0.1, 0.15) is 0 Å². The minimum Gasteiger partial charge on any atom is -0.0856 e. The first kappa shape index (κ1) is 13.6. The Bertz CT molecular complexity index is 550. The van der Waals surface area contributed by atoms with E-state index in [0.29, 0.717) is 0 Å². The molecule has 0 aliphatic heterocycles. The van der Waals surface area contributed by atoms with E-state index in [1.165, 1.54) is 27.7 Å². The highest BCUT2D eigenvalue weighted by atomic mass is 31.1. The van der Waals surface area contributed by atoms with Gasteiger partial charge < -0.3 is 0 Å². The smallest absolute Gasteiger partial charge is 0.0168 e. The zero-order valence-corrected chi connectivity index (χ0v) is 12.5. The first-order chi connectivity index (χ1) is 10.4. The Morgan fingerprint density at radius 2 is 1.00 bits per heavy atom. The molecular formula is C20H15P. The zero-order valence-electron chi connectivity index (χ0n) is 11.6. The van der Waals surface area contributed by atoms with Gasteiger partial charge in [-0.2, -0.15) is 0 Å². The van der Waals surface area contributed by atoms with Crippen LogP contribution in [0.5, 0.6) is 0 Å². The molecule has 0 nitrogen and oxygen atoms in total. The van der Waals surface area contributed by atoms with E-state index in [2.05, 4.69) is 93.8 Å². The van der Waals surface area contributed by atoms with Gasteiger partial charge in [-0.3, -0.25) is 0 Å². The van der Waals surface area contributed by atoms with Gasteiger partial charge in [-0.15, -0.1) is 0 Å². The van der Waals surface area contributed by atoms with E-state index in [1.807, 2.05) is 0 Å². The Balaban J connectivity index is 1.80. The van der Waals surface area contributed by atoms with Crippen molar-refractivity contribution in [2.24, 2.45) is 0 Å². The van der Waals surface area contributed by atoms with E-state index >= 15 is 0 Å². The zero-order chi connectivity index (χ0) is 14.1. The summed E-state index contributed by atoms with van der Waals surface area (Å²) in [6.07, 6.45) is 17.3. The lowest BCUT2D eigenvalue weighted by Gasteiger charge is -2.16. The van der Waals surface area contributed by atoms with Crippen LogP contribution in [0.15, 0.2) is 42.5 Å². The quantitative estimate of drug-likeness (QED) is 0.730. The molecule has 10 radical (unpaired) electrons. The molecule has 2 fully saturated rings. The first-order valence-corrected chi connectivity index (χ1v) is 8.49. The second kappa shape index (κ2) is 6.01. The molecule has 100 valence electrons. The summed E-state index contributed by atoms with van der Waals surface area (Å²) in [5.41, 5.74) is 0. The van der Waals surface area contributed by atoms with Crippen LogP contribution in [-0.2, 0) is 0 Å². The molecule has 1 aromatic carbocycles. The summed E-state index contributed by atoms with van der Waals surface area (Å²) >= 11 is 0. The lowest BCUT2D eigenvalue weighted by molar-refractivity contribution is 1.34. The number of rotatable bonds is 3. The standard InChI is InChI=1S/C20H15P/c1-2-12-18(13-3-1)21-19(16-8-4-5-9-16)14-15-20(21)17-10-6-7-11-17/h1-15H. The summed E-state index contributed by atoms with van der Waals surface area (Å²) in [5.74, 6) is 2.70. The van der Waals surface area contributed by atoms with E-state index < -0.39 is 7.53 Å². The molecule has 0 bridgehead atoms. The summed E-state index contributed by atoms with van der Waals surface area (Å²) in [7, 11) is -0.446. The van der Waals surface area contributed by atoms with Gasteiger partial charge >= 0.3 is 0 Å². The van der Waals surface area contributed by atoms with Crippen molar-refractivity contribution in [3.05, 3.63) is 116 Å². The SMILES string of the molecule is [CH]1[CH][CH][C](c2ccc([C]3[CH][CH][CH][CH]3)p2-c2ccccc2)[CH]1. The third-order valence-electron chi connectivity index (χ3n) is 3.81. The maximum absolute atomic E-state index is 2.30. The van der Waals surface area contributed by atoms with E-state index in [-0.39, 0.29) is 0 Å². The fourth-order valence-corrected chi connectivity index (χ4v) is 5.38. The minimum absolute atomic E-state index is 0.446. The molecule has 0 amide bonds. The van der Waals surface area contributed by atoms with Crippen LogP contribution in [0.3, 0.4) is 0 Å². The fraction of sp³-hybridized carbons (Fsp3) is 0. The molecule has 1 heterocycles. The highest BCUT2D eigenvalue weighted by Crippen LogP contribution is 2.56. The second-order valence-corrected chi connectivity index (χ2v) is 7.27. The van der Waals surface area contributed by atoms with Crippen molar-refractivity contribution < 1.29 is 0 Å². The highest BCUT2D eigenvalue weighted by Gasteiger charge is 2.28. The largest absolute Gasteiger partial charge is 0.0856 e. The van der Waals surface area contributed by atoms with E-state index in [1.54, 1.807) is 0 Å². The lowest BCUT2D eigenvalue weighted by Crippen LogP contribution is -1.94. The van der Waals surface area contributed by atoms with E-state index in [4.69, 9.17) is 0 Å². The van der Waals surface area contributed by atoms with Crippen LogP contribution in [0.25, 0.3) is 5.30 Å². The van der Waals surface area contributed by atoms with Crippen LogP contribution in [0.2, 0.25) is 0 Å². The molecule has 0 atom stereocenters. The summed E-state index contributed by atoms with van der Waals surface area (Å²) in [6, 6.07) is 15.5. The van der Waals surface area contributed by atoms with Crippen LogP contribution in [-0.4, -0.2) is 0 Å². The van der Waals surface area contributed by atoms with Crippen molar-refractivity contribution >= 4 is 7.53 Å². The van der Waals surface area contributed by atoms with Crippen molar-refractivity contribution in [2.45, 2.75) is 0 Å². The van der Waals surface area contributed by atoms with Gasteiger partial charge in [0.15, 0.2) is 0 Å². The monoisotopic (exact) mass is 286 g/mol. The summed E-state index contributed by atoms with van der Waals surface area (Å²) < 4.78 is 0. The second-order valence-electron chi connectivity index (χ2n) is 5.12. The molecule has 1 heteroatoms. The minimum atomic E-state index is -0.446. The molecular weight excluding hydrogens is 271 g/mol. The molecule has 2 aromatic rings. The van der Waals surface area contributed by atoms with Crippen LogP contribution in [0.1, 0.15) is 10.6 Å². The average molecular weight is 286 g/mol. The van der Waals surface area contributed by atoms with E-state index in [0.717, 1.165) is 0 Å². The summed E-state index contributed by atoms with van der Waals surface area (Å²) in [6.45, 7) is 0. The Kier molecular flexibility index (Phi) is 3.91. The van der Waals surface area contributed by atoms with Crippen molar-refractivity contribution in [3.8, 4) is 5.30 Å². The van der Waals surface area contributed by atoms with Crippen LogP contribution in [0, 0.1) is 63.2 Å². The maximum atomic E-state index is 2.30. The topological polar surface area (TPSA) is 0 Å².